The summed E-state index contributed by atoms with van der Waals surface area (Å²) in [6.45, 7) is 4.20. The number of aromatic nitrogens is 1. The van der Waals surface area contributed by atoms with Crippen LogP contribution in [-0.2, 0) is 11.8 Å². The Balaban J connectivity index is 2.06. The molecule has 0 amide bonds. The fourth-order valence-electron chi connectivity index (χ4n) is 3.25. The van der Waals surface area contributed by atoms with E-state index in [0.717, 1.165) is 16.9 Å². The monoisotopic (exact) mass is 390 g/mol. The Kier molecular flexibility index (Phi) is 6.23. The zero-order valence-corrected chi connectivity index (χ0v) is 17.0. The van der Waals surface area contributed by atoms with Crippen molar-refractivity contribution in [3.05, 3.63) is 66.0 Å². The molecule has 0 radical (unpaired) electrons. The van der Waals surface area contributed by atoms with Gasteiger partial charge < -0.3 is 9.30 Å². The third kappa shape index (κ3) is 3.83. The highest BCUT2D eigenvalue weighted by atomic mass is 32.2. The molecule has 0 aliphatic heterocycles. The van der Waals surface area contributed by atoms with Gasteiger partial charge in [0.1, 0.15) is 11.8 Å². The lowest BCUT2D eigenvalue weighted by Crippen LogP contribution is -2.10. The number of ether oxygens (including phenoxy) is 1. The number of carbonyl (C=O) groups excluding carboxylic acids is 1. The van der Waals surface area contributed by atoms with Gasteiger partial charge >= 0.3 is 5.97 Å². The van der Waals surface area contributed by atoms with Crippen LogP contribution in [0.3, 0.4) is 0 Å². The molecule has 1 heterocycles. The van der Waals surface area contributed by atoms with Gasteiger partial charge in [-0.3, -0.25) is 0 Å². The molecule has 0 bridgehead atoms. The fourth-order valence-corrected chi connectivity index (χ4v) is 4.08. The first-order valence-electron chi connectivity index (χ1n) is 9.19. The van der Waals surface area contributed by atoms with E-state index in [2.05, 4.69) is 25.1 Å². The van der Waals surface area contributed by atoms with Gasteiger partial charge in [0, 0.05) is 23.7 Å². The van der Waals surface area contributed by atoms with Gasteiger partial charge in [0.05, 0.1) is 12.2 Å². The predicted molar refractivity (Wildman–Crippen MR) is 113 cm³/mol. The van der Waals surface area contributed by atoms with E-state index >= 15 is 0 Å². The topological polar surface area (TPSA) is 55.0 Å². The average molecular weight is 391 g/mol. The van der Waals surface area contributed by atoms with Gasteiger partial charge in [0.2, 0.25) is 0 Å². The average Bonchev–Trinajstić information content (AvgIpc) is 3.05. The Hall–Kier alpha value is -2.97. The van der Waals surface area contributed by atoms with Crippen LogP contribution < -0.4 is 0 Å². The minimum Gasteiger partial charge on any atom is -0.461 e. The van der Waals surface area contributed by atoms with Crippen LogP contribution in [0, 0.1) is 11.3 Å². The first-order valence-corrected chi connectivity index (χ1v) is 10.2. The first-order chi connectivity index (χ1) is 13.6. The molecule has 0 saturated heterocycles. The van der Waals surface area contributed by atoms with Crippen LogP contribution in [0.15, 0.2) is 59.6 Å². The molecule has 0 fully saturated rings. The maximum atomic E-state index is 12.4. The zero-order chi connectivity index (χ0) is 20.1. The molecule has 28 heavy (non-hydrogen) atoms. The molecule has 142 valence electrons. The summed E-state index contributed by atoms with van der Waals surface area (Å²) in [6, 6.07) is 18.5. The lowest BCUT2D eigenvalue weighted by molar-refractivity contribution is 0.0516. The lowest BCUT2D eigenvalue weighted by atomic mass is 9.98. The number of carbonyl (C=O) groups is 1. The Morgan fingerprint density at radius 2 is 1.79 bits per heavy atom. The lowest BCUT2D eigenvalue weighted by Gasteiger charge is -2.11. The molecule has 0 aliphatic rings. The number of benzene rings is 2. The van der Waals surface area contributed by atoms with Crippen molar-refractivity contribution in [2.24, 2.45) is 7.05 Å². The Morgan fingerprint density at radius 1 is 1.11 bits per heavy atom. The molecule has 3 aromatic rings. The van der Waals surface area contributed by atoms with E-state index in [-0.39, 0.29) is 6.61 Å². The van der Waals surface area contributed by atoms with Crippen molar-refractivity contribution < 1.29 is 9.53 Å². The number of nitrogens with zero attached hydrogens (tertiary/aromatic N) is 2. The van der Waals surface area contributed by atoms with Crippen molar-refractivity contribution in [3.8, 4) is 28.3 Å². The van der Waals surface area contributed by atoms with Crippen molar-refractivity contribution in [1.29, 1.82) is 5.26 Å². The Bertz CT molecular complexity index is 1030. The second-order valence-corrected chi connectivity index (χ2v) is 7.52. The summed E-state index contributed by atoms with van der Waals surface area (Å²) in [7, 11) is 1.75. The van der Waals surface area contributed by atoms with Crippen molar-refractivity contribution >= 4 is 17.7 Å². The van der Waals surface area contributed by atoms with Crippen LogP contribution in [0.1, 0.15) is 29.9 Å². The molecule has 0 atom stereocenters. The van der Waals surface area contributed by atoms with Gasteiger partial charge in [-0.1, -0.05) is 49.4 Å². The second kappa shape index (κ2) is 8.81. The summed E-state index contributed by atoms with van der Waals surface area (Å²) in [4.78, 5) is 13.7. The molecular weight excluding hydrogens is 368 g/mol. The third-order valence-corrected chi connectivity index (χ3v) is 5.40. The summed E-state index contributed by atoms with van der Waals surface area (Å²) in [5.41, 5.74) is 4.58. The van der Waals surface area contributed by atoms with Gasteiger partial charge in [-0.15, -0.1) is 11.8 Å². The molecule has 1 aromatic heterocycles. The first kappa shape index (κ1) is 19.8. The van der Waals surface area contributed by atoms with E-state index in [9.17, 15) is 10.1 Å². The number of esters is 1. The minimum absolute atomic E-state index is 0.288. The van der Waals surface area contributed by atoms with E-state index in [1.54, 1.807) is 24.7 Å². The third-order valence-electron chi connectivity index (χ3n) is 4.44. The summed E-state index contributed by atoms with van der Waals surface area (Å²) in [5.74, 6) is 0.586. The highest BCUT2D eigenvalue weighted by Crippen LogP contribution is 2.34. The molecule has 0 N–H and O–H groups in total. The van der Waals surface area contributed by atoms with Crippen LogP contribution in [-0.4, -0.2) is 22.9 Å². The van der Waals surface area contributed by atoms with Crippen LogP contribution in [0.25, 0.3) is 22.3 Å². The van der Waals surface area contributed by atoms with Crippen LogP contribution in [0.2, 0.25) is 0 Å². The van der Waals surface area contributed by atoms with E-state index in [0.29, 0.717) is 16.8 Å². The molecule has 0 unspecified atom stereocenters. The van der Waals surface area contributed by atoms with Gasteiger partial charge in [-0.2, -0.15) is 5.26 Å². The zero-order valence-electron chi connectivity index (χ0n) is 16.2. The van der Waals surface area contributed by atoms with Gasteiger partial charge in [0.15, 0.2) is 0 Å². The summed E-state index contributed by atoms with van der Waals surface area (Å²) >= 11 is 1.81. The standard InChI is InChI=1S/C23H22N2O2S/c1-4-27-23(26)22-21(18(14-24)15-25(22)3)17-12-10-16(11-13-17)19-8-6-7-9-20(19)28-5-2/h6-13,15H,4-5H2,1-3H3. The number of hydrogen-bond donors (Lipinski definition) is 0. The fraction of sp³-hybridized carbons (Fsp3) is 0.217. The maximum Gasteiger partial charge on any atom is 0.355 e. The molecule has 0 spiro atoms. The molecular formula is C23H22N2O2S. The number of thioether (sulfide) groups is 1. The maximum absolute atomic E-state index is 12.4. The van der Waals surface area contributed by atoms with Crippen molar-refractivity contribution in [2.75, 3.05) is 12.4 Å². The number of nitriles is 1. The smallest absolute Gasteiger partial charge is 0.355 e. The molecule has 3 rings (SSSR count). The minimum atomic E-state index is -0.421. The highest BCUT2D eigenvalue weighted by molar-refractivity contribution is 7.99. The van der Waals surface area contributed by atoms with Crippen LogP contribution >= 0.6 is 11.8 Å². The van der Waals surface area contributed by atoms with Crippen LogP contribution in [0.5, 0.6) is 0 Å². The largest absolute Gasteiger partial charge is 0.461 e. The summed E-state index contributed by atoms with van der Waals surface area (Å²) < 4.78 is 6.85. The van der Waals surface area contributed by atoms with Crippen molar-refractivity contribution in [2.45, 2.75) is 18.7 Å². The molecule has 0 saturated carbocycles. The van der Waals surface area contributed by atoms with Crippen LogP contribution in [0.4, 0.5) is 0 Å². The number of rotatable bonds is 6. The van der Waals surface area contributed by atoms with Crippen molar-refractivity contribution in [3.63, 3.8) is 0 Å². The Morgan fingerprint density at radius 3 is 2.43 bits per heavy atom. The number of aryl methyl sites for hydroxylation is 1. The normalized spacial score (nSPS) is 10.5. The molecule has 0 aliphatic carbocycles. The van der Waals surface area contributed by atoms with E-state index in [4.69, 9.17) is 4.74 Å². The summed E-state index contributed by atoms with van der Waals surface area (Å²) in [5, 5.41) is 9.54. The van der Waals surface area contributed by atoms with E-state index in [1.807, 2.05) is 48.2 Å². The Labute approximate surface area is 169 Å². The van der Waals surface area contributed by atoms with Gasteiger partial charge in [-0.25, -0.2) is 4.79 Å². The molecule has 2 aromatic carbocycles. The quantitative estimate of drug-likeness (QED) is 0.411. The predicted octanol–water partition coefficient (Wildman–Crippen LogP) is 5.52. The van der Waals surface area contributed by atoms with Gasteiger partial charge in [-0.05, 0) is 35.4 Å². The molecule has 5 heteroatoms. The number of hydrogen-bond acceptors (Lipinski definition) is 4. The summed E-state index contributed by atoms with van der Waals surface area (Å²) in [6.07, 6.45) is 1.67. The van der Waals surface area contributed by atoms with E-state index < -0.39 is 5.97 Å². The second-order valence-electron chi connectivity index (χ2n) is 6.22. The van der Waals surface area contributed by atoms with Crippen molar-refractivity contribution in [1.82, 2.24) is 4.57 Å². The highest BCUT2D eigenvalue weighted by Gasteiger charge is 2.22. The molecule has 4 nitrogen and oxygen atoms in total. The van der Waals surface area contributed by atoms with Gasteiger partial charge in [0.25, 0.3) is 0 Å². The van der Waals surface area contributed by atoms with E-state index in [1.165, 1.54) is 10.5 Å². The SMILES string of the molecule is CCOC(=O)c1c(-c2ccc(-c3ccccc3SCC)cc2)c(C#N)cn1C.